The standard InChI is InChI=1S/C27H23N3O3/c1-4-33-23-8-6-5-7-22(23)29-25-24(21-14-9-17(2)15-18(21)3)26(31)30(27(25)32)20-12-10-19(16-28)11-13-20/h5-15,29H,4H2,1-3H3. The minimum atomic E-state index is -0.467. The van der Waals surface area contributed by atoms with Gasteiger partial charge in [0.15, 0.2) is 0 Å². The largest absolute Gasteiger partial charge is 0.492 e. The highest BCUT2D eigenvalue weighted by molar-refractivity contribution is 6.46. The molecule has 3 aromatic carbocycles. The van der Waals surface area contributed by atoms with Crippen molar-refractivity contribution in [2.24, 2.45) is 0 Å². The number of nitriles is 1. The second-order valence-electron chi connectivity index (χ2n) is 7.73. The van der Waals surface area contributed by atoms with Crippen molar-refractivity contribution in [2.45, 2.75) is 20.8 Å². The Morgan fingerprint density at radius 3 is 2.36 bits per heavy atom. The van der Waals surface area contributed by atoms with E-state index in [-0.39, 0.29) is 5.70 Å². The average Bonchev–Trinajstić information content (AvgIpc) is 3.05. The first-order chi connectivity index (χ1) is 15.9. The van der Waals surface area contributed by atoms with Crippen LogP contribution >= 0.6 is 0 Å². The van der Waals surface area contributed by atoms with Gasteiger partial charge in [-0.2, -0.15) is 5.26 Å². The molecule has 0 atom stereocenters. The summed E-state index contributed by atoms with van der Waals surface area (Å²) in [6.45, 7) is 6.25. The molecule has 6 nitrogen and oxygen atoms in total. The summed E-state index contributed by atoms with van der Waals surface area (Å²) in [6, 6.07) is 21.5. The van der Waals surface area contributed by atoms with Crippen LogP contribution in [-0.4, -0.2) is 18.4 Å². The van der Waals surface area contributed by atoms with Crippen LogP contribution in [0.25, 0.3) is 5.57 Å². The van der Waals surface area contributed by atoms with Gasteiger partial charge in [-0.05, 0) is 68.3 Å². The number of carbonyl (C=O) groups excluding carboxylic acids is 2. The molecule has 0 saturated carbocycles. The summed E-state index contributed by atoms with van der Waals surface area (Å²) < 4.78 is 5.70. The number of carbonyl (C=O) groups is 2. The smallest absolute Gasteiger partial charge is 0.282 e. The van der Waals surface area contributed by atoms with Gasteiger partial charge < -0.3 is 10.1 Å². The Morgan fingerprint density at radius 2 is 1.70 bits per heavy atom. The van der Waals surface area contributed by atoms with Gasteiger partial charge >= 0.3 is 0 Å². The first-order valence-corrected chi connectivity index (χ1v) is 10.6. The lowest BCUT2D eigenvalue weighted by atomic mass is 9.97. The number of hydrogen-bond acceptors (Lipinski definition) is 5. The Balaban J connectivity index is 1.85. The minimum Gasteiger partial charge on any atom is -0.492 e. The molecule has 33 heavy (non-hydrogen) atoms. The van der Waals surface area contributed by atoms with Crippen LogP contribution < -0.4 is 15.0 Å². The van der Waals surface area contributed by atoms with Gasteiger partial charge in [0.2, 0.25) is 0 Å². The number of nitrogens with one attached hydrogen (secondary N) is 1. The van der Waals surface area contributed by atoms with E-state index < -0.39 is 11.8 Å². The summed E-state index contributed by atoms with van der Waals surface area (Å²) in [6.07, 6.45) is 0. The molecular weight excluding hydrogens is 414 g/mol. The maximum Gasteiger partial charge on any atom is 0.282 e. The Kier molecular flexibility index (Phi) is 5.97. The molecule has 164 valence electrons. The molecule has 0 radical (unpaired) electrons. The Labute approximate surface area is 192 Å². The van der Waals surface area contributed by atoms with Crippen LogP contribution in [0.3, 0.4) is 0 Å². The van der Waals surface area contributed by atoms with Crippen molar-refractivity contribution in [3.8, 4) is 11.8 Å². The van der Waals surface area contributed by atoms with E-state index in [1.807, 2.05) is 63.2 Å². The number of hydrogen-bond donors (Lipinski definition) is 1. The molecule has 1 aliphatic heterocycles. The van der Waals surface area contributed by atoms with Crippen LogP contribution in [-0.2, 0) is 9.59 Å². The highest BCUT2D eigenvalue weighted by Gasteiger charge is 2.41. The van der Waals surface area contributed by atoms with E-state index in [1.165, 1.54) is 0 Å². The molecular formula is C27H23N3O3. The van der Waals surface area contributed by atoms with Crippen LogP contribution in [0.2, 0.25) is 0 Å². The highest BCUT2D eigenvalue weighted by Crippen LogP contribution is 2.36. The zero-order valence-electron chi connectivity index (χ0n) is 18.7. The number of para-hydroxylation sites is 2. The second kappa shape index (κ2) is 9.01. The molecule has 6 heteroatoms. The summed E-state index contributed by atoms with van der Waals surface area (Å²) in [5.74, 6) is -0.302. The fraction of sp³-hybridized carbons (Fsp3) is 0.148. The Hall–Kier alpha value is -4.37. The average molecular weight is 437 g/mol. The van der Waals surface area contributed by atoms with Crippen molar-refractivity contribution in [1.82, 2.24) is 0 Å². The van der Waals surface area contributed by atoms with Gasteiger partial charge in [-0.1, -0.05) is 35.9 Å². The quantitative estimate of drug-likeness (QED) is 0.551. The third-order valence-electron chi connectivity index (χ3n) is 5.44. The number of amides is 2. The fourth-order valence-corrected chi connectivity index (χ4v) is 3.90. The van der Waals surface area contributed by atoms with Crippen molar-refractivity contribution in [1.29, 1.82) is 5.26 Å². The van der Waals surface area contributed by atoms with E-state index in [0.29, 0.717) is 40.4 Å². The first kappa shape index (κ1) is 21.8. The van der Waals surface area contributed by atoms with E-state index in [0.717, 1.165) is 16.0 Å². The van der Waals surface area contributed by atoms with Crippen molar-refractivity contribution in [3.05, 3.63) is 94.7 Å². The predicted octanol–water partition coefficient (Wildman–Crippen LogP) is 4.97. The third kappa shape index (κ3) is 4.09. The monoisotopic (exact) mass is 437 g/mol. The molecule has 0 aromatic heterocycles. The van der Waals surface area contributed by atoms with E-state index >= 15 is 0 Å². The second-order valence-corrected chi connectivity index (χ2v) is 7.73. The normalized spacial score (nSPS) is 13.3. The number of nitrogens with zero attached hydrogens (tertiary/aromatic N) is 2. The van der Waals surface area contributed by atoms with Gasteiger partial charge in [-0.15, -0.1) is 0 Å². The van der Waals surface area contributed by atoms with Crippen LogP contribution in [0.1, 0.15) is 29.2 Å². The number of rotatable bonds is 6. The zero-order chi connectivity index (χ0) is 23.5. The van der Waals surface area contributed by atoms with Crippen molar-refractivity contribution in [3.63, 3.8) is 0 Å². The van der Waals surface area contributed by atoms with E-state index in [1.54, 1.807) is 30.3 Å². The number of aryl methyl sites for hydroxylation is 2. The zero-order valence-corrected chi connectivity index (χ0v) is 18.7. The molecule has 0 aliphatic carbocycles. The minimum absolute atomic E-state index is 0.184. The third-order valence-corrected chi connectivity index (χ3v) is 5.44. The molecule has 1 N–H and O–H groups in total. The van der Waals surface area contributed by atoms with Gasteiger partial charge in [0.25, 0.3) is 11.8 Å². The van der Waals surface area contributed by atoms with Gasteiger partial charge in [0.1, 0.15) is 11.4 Å². The van der Waals surface area contributed by atoms with Crippen molar-refractivity contribution < 1.29 is 14.3 Å². The number of ether oxygens (including phenoxy) is 1. The van der Waals surface area contributed by atoms with Crippen molar-refractivity contribution in [2.75, 3.05) is 16.8 Å². The Bertz CT molecular complexity index is 1320. The van der Waals surface area contributed by atoms with Gasteiger partial charge in [-0.3, -0.25) is 9.59 Å². The molecule has 0 fully saturated rings. The fourth-order valence-electron chi connectivity index (χ4n) is 3.90. The van der Waals surface area contributed by atoms with Crippen LogP contribution in [0, 0.1) is 25.2 Å². The maximum atomic E-state index is 13.6. The van der Waals surface area contributed by atoms with E-state index in [2.05, 4.69) is 5.32 Å². The molecule has 0 bridgehead atoms. The topological polar surface area (TPSA) is 82.4 Å². The van der Waals surface area contributed by atoms with Gasteiger partial charge in [0.05, 0.1) is 35.2 Å². The molecule has 0 unspecified atom stereocenters. The van der Waals surface area contributed by atoms with E-state index in [4.69, 9.17) is 10.00 Å². The van der Waals surface area contributed by atoms with E-state index in [9.17, 15) is 9.59 Å². The maximum absolute atomic E-state index is 13.6. The van der Waals surface area contributed by atoms with Gasteiger partial charge in [-0.25, -0.2) is 4.90 Å². The number of imide groups is 1. The molecule has 1 heterocycles. The Morgan fingerprint density at radius 1 is 0.970 bits per heavy atom. The van der Waals surface area contributed by atoms with Crippen molar-refractivity contribution >= 4 is 28.8 Å². The van der Waals surface area contributed by atoms with Crippen LogP contribution in [0.5, 0.6) is 5.75 Å². The summed E-state index contributed by atoms with van der Waals surface area (Å²) >= 11 is 0. The molecule has 4 rings (SSSR count). The first-order valence-electron chi connectivity index (χ1n) is 10.6. The lowest BCUT2D eigenvalue weighted by Crippen LogP contribution is -2.32. The predicted molar refractivity (Wildman–Crippen MR) is 128 cm³/mol. The molecule has 0 saturated heterocycles. The highest BCUT2D eigenvalue weighted by atomic mass is 16.5. The number of anilines is 2. The summed E-state index contributed by atoms with van der Waals surface area (Å²) in [5.41, 5.74) is 4.58. The SMILES string of the molecule is CCOc1ccccc1NC1=C(c2ccc(C)cc2C)C(=O)N(c2ccc(C#N)cc2)C1=O. The number of benzene rings is 3. The summed E-state index contributed by atoms with van der Waals surface area (Å²) in [5, 5.41) is 12.3. The summed E-state index contributed by atoms with van der Waals surface area (Å²) in [4.78, 5) is 28.4. The lowest BCUT2D eigenvalue weighted by Gasteiger charge is -2.16. The lowest BCUT2D eigenvalue weighted by molar-refractivity contribution is -0.120. The van der Waals surface area contributed by atoms with Crippen LogP contribution in [0.15, 0.2) is 72.4 Å². The molecule has 1 aliphatic rings. The molecule has 3 aromatic rings. The van der Waals surface area contributed by atoms with Gasteiger partial charge in [0, 0.05) is 0 Å². The summed E-state index contributed by atoms with van der Waals surface area (Å²) in [7, 11) is 0. The van der Waals surface area contributed by atoms with Crippen LogP contribution in [0.4, 0.5) is 11.4 Å². The molecule has 2 amide bonds. The molecule has 0 spiro atoms.